The maximum Gasteiger partial charge on any atom is 0.248 e. The summed E-state index contributed by atoms with van der Waals surface area (Å²) >= 11 is 12.2. The molecule has 0 atom stereocenters. The number of carbonyl (C=O) groups is 1. The van der Waals surface area contributed by atoms with Crippen molar-refractivity contribution in [2.75, 3.05) is 5.32 Å². The number of benzene rings is 3. The Kier molecular flexibility index (Phi) is 6.20. The van der Waals surface area contributed by atoms with Crippen molar-refractivity contribution in [1.82, 2.24) is 4.98 Å². The highest BCUT2D eigenvalue weighted by atomic mass is 35.5. The SMILES string of the molecule is Cc1ccc(-c2nc3cc(NC(=O)/C=C/c4ccc(-c5ccc(Cl)cc5Cl)o4)ccc3o2)cc1C. The van der Waals surface area contributed by atoms with Crippen LogP contribution in [0.1, 0.15) is 16.9 Å². The summed E-state index contributed by atoms with van der Waals surface area (Å²) in [6.45, 7) is 4.12. The van der Waals surface area contributed by atoms with E-state index in [1.54, 1.807) is 54.6 Å². The normalized spacial score (nSPS) is 11.4. The number of halogens is 2. The molecule has 0 aliphatic rings. The summed E-state index contributed by atoms with van der Waals surface area (Å²) in [6, 6.07) is 20.2. The molecule has 7 heteroatoms. The molecule has 0 saturated carbocycles. The van der Waals surface area contributed by atoms with E-state index in [1.165, 1.54) is 17.2 Å². The zero-order valence-corrected chi connectivity index (χ0v) is 20.4. The average Bonchev–Trinajstić information content (AvgIpc) is 3.46. The van der Waals surface area contributed by atoms with Gasteiger partial charge >= 0.3 is 0 Å². The van der Waals surface area contributed by atoms with E-state index in [4.69, 9.17) is 32.0 Å². The quantitative estimate of drug-likeness (QED) is 0.245. The van der Waals surface area contributed by atoms with E-state index in [-0.39, 0.29) is 5.91 Å². The number of hydrogen-bond donors (Lipinski definition) is 1. The van der Waals surface area contributed by atoms with Crippen molar-refractivity contribution in [1.29, 1.82) is 0 Å². The summed E-state index contributed by atoms with van der Waals surface area (Å²) in [6.07, 6.45) is 2.99. The number of aromatic nitrogens is 1. The Hall–Kier alpha value is -3.80. The van der Waals surface area contributed by atoms with E-state index in [0.29, 0.717) is 44.2 Å². The zero-order valence-electron chi connectivity index (χ0n) is 18.9. The lowest BCUT2D eigenvalue weighted by Gasteiger charge is -2.01. The number of carbonyl (C=O) groups excluding carboxylic acids is 1. The molecule has 0 bridgehead atoms. The zero-order chi connectivity index (χ0) is 24.5. The van der Waals surface area contributed by atoms with Crippen LogP contribution in [0.15, 0.2) is 81.6 Å². The van der Waals surface area contributed by atoms with E-state index in [9.17, 15) is 4.79 Å². The average molecular weight is 503 g/mol. The third-order valence-corrected chi connectivity index (χ3v) is 6.18. The highest BCUT2D eigenvalue weighted by Gasteiger charge is 2.11. The van der Waals surface area contributed by atoms with Gasteiger partial charge < -0.3 is 14.2 Å². The second kappa shape index (κ2) is 9.45. The standard InChI is InChI=1S/C28H20Cl2N2O3/c1-16-3-4-18(13-17(16)2)28-32-24-15-20(6-10-26(24)35-28)31-27(33)12-8-21-7-11-25(34-21)22-9-5-19(29)14-23(22)30/h3-15H,1-2H3,(H,31,33)/b12-8+. The highest BCUT2D eigenvalue weighted by Crippen LogP contribution is 2.32. The van der Waals surface area contributed by atoms with Gasteiger partial charge in [-0.25, -0.2) is 4.98 Å². The molecular formula is C28H20Cl2N2O3. The maximum atomic E-state index is 12.5. The first-order valence-corrected chi connectivity index (χ1v) is 11.6. The van der Waals surface area contributed by atoms with Crippen molar-refractivity contribution in [3.05, 3.63) is 99.7 Å². The largest absolute Gasteiger partial charge is 0.457 e. The monoisotopic (exact) mass is 502 g/mol. The lowest BCUT2D eigenvalue weighted by molar-refractivity contribution is -0.111. The molecule has 2 heterocycles. The highest BCUT2D eigenvalue weighted by molar-refractivity contribution is 6.36. The smallest absolute Gasteiger partial charge is 0.248 e. The number of oxazole rings is 1. The van der Waals surface area contributed by atoms with E-state index >= 15 is 0 Å². The van der Waals surface area contributed by atoms with Crippen LogP contribution in [-0.4, -0.2) is 10.9 Å². The molecule has 0 fully saturated rings. The molecule has 174 valence electrons. The van der Waals surface area contributed by atoms with Crippen LogP contribution in [0, 0.1) is 13.8 Å². The number of hydrogen-bond acceptors (Lipinski definition) is 4. The maximum absolute atomic E-state index is 12.5. The van der Waals surface area contributed by atoms with Crippen LogP contribution in [0.4, 0.5) is 5.69 Å². The summed E-state index contributed by atoms with van der Waals surface area (Å²) < 4.78 is 11.7. The number of fused-ring (bicyclic) bond motifs is 1. The molecule has 2 aromatic heterocycles. The first-order chi connectivity index (χ1) is 16.9. The van der Waals surface area contributed by atoms with Crippen LogP contribution < -0.4 is 5.32 Å². The van der Waals surface area contributed by atoms with Gasteiger partial charge in [0.1, 0.15) is 17.0 Å². The predicted octanol–water partition coefficient (Wildman–Crippen LogP) is 8.33. The van der Waals surface area contributed by atoms with Crippen molar-refractivity contribution < 1.29 is 13.6 Å². The van der Waals surface area contributed by atoms with Gasteiger partial charge in [0.05, 0.1) is 5.02 Å². The second-order valence-electron chi connectivity index (χ2n) is 8.15. The molecule has 0 unspecified atom stereocenters. The molecular weight excluding hydrogens is 483 g/mol. The summed E-state index contributed by atoms with van der Waals surface area (Å²) in [5, 5.41) is 3.88. The summed E-state index contributed by atoms with van der Waals surface area (Å²) in [4.78, 5) is 17.1. The van der Waals surface area contributed by atoms with Crippen LogP contribution in [-0.2, 0) is 4.79 Å². The number of nitrogens with one attached hydrogen (secondary N) is 1. The van der Waals surface area contributed by atoms with Gasteiger partial charge in [0.15, 0.2) is 5.58 Å². The van der Waals surface area contributed by atoms with Crippen LogP contribution in [0.3, 0.4) is 0 Å². The molecule has 0 saturated heterocycles. The van der Waals surface area contributed by atoms with Crippen LogP contribution >= 0.6 is 23.2 Å². The minimum Gasteiger partial charge on any atom is -0.457 e. The molecule has 0 aliphatic carbocycles. The summed E-state index contributed by atoms with van der Waals surface area (Å²) in [5.41, 5.74) is 5.94. The number of furan rings is 1. The fraction of sp³-hybridized carbons (Fsp3) is 0.0714. The Labute approximate surface area is 212 Å². The first-order valence-electron chi connectivity index (χ1n) is 10.9. The van der Waals surface area contributed by atoms with Gasteiger partial charge in [-0.15, -0.1) is 0 Å². The Morgan fingerprint density at radius 2 is 1.77 bits per heavy atom. The third kappa shape index (κ3) is 5.02. The molecule has 35 heavy (non-hydrogen) atoms. The van der Waals surface area contributed by atoms with Crippen LogP contribution in [0.2, 0.25) is 10.0 Å². The van der Waals surface area contributed by atoms with Gasteiger partial charge in [0, 0.05) is 27.9 Å². The molecule has 0 aliphatic heterocycles. The van der Waals surface area contributed by atoms with E-state index in [0.717, 1.165) is 11.1 Å². The minimum atomic E-state index is -0.301. The molecule has 1 N–H and O–H groups in total. The van der Waals surface area contributed by atoms with Gasteiger partial charge in [-0.1, -0.05) is 29.3 Å². The van der Waals surface area contributed by atoms with E-state index < -0.39 is 0 Å². The van der Waals surface area contributed by atoms with Crippen molar-refractivity contribution in [3.8, 4) is 22.8 Å². The minimum absolute atomic E-state index is 0.301. The number of anilines is 1. The number of amides is 1. The fourth-order valence-electron chi connectivity index (χ4n) is 3.62. The second-order valence-corrected chi connectivity index (χ2v) is 8.99. The Balaban J connectivity index is 1.29. The molecule has 5 nitrogen and oxygen atoms in total. The molecule has 0 radical (unpaired) electrons. The third-order valence-electron chi connectivity index (χ3n) is 5.63. The molecule has 0 spiro atoms. The molecule has 1 amide bonds. The predicted molar refractivity (Wildman–Crippen MR) is 141 cm³/mol. The van der Waals surface area contributed by atoms with Crippen LogP contribution in [0.25, 0.3) is 40.0 Å². The lowest BCUT2D eigenvalue weighted by Crippen LogP contribution is -2.07. The summed E-state index contributed by atoms with van der Waals surface area (Å²) in [5.74, 6) is 1.35. The summed E-state index contributed by atoms with van der Waals surface area (Å²) in [7, 11) is 0. The molecule has 5 aromatic rings. The van der Waals surface area contributed by atoms with Gasteiger partial charge in [0.2, 0.25) is 11.8 Å². The van der Waals surface area contributed by atoms with Crippen molar-refractivity contribution in [3.63, 3.8) is 0 Å². The topological polar surface area (TPSA) is 68.3 Å². The van der Waals surface area contributed by atoms with Gasteiger partial charge in [-0.05, 0) is 91.7 Å². The molecule has 5 rings (SSSR count). The molecule has 3 aromatic carbocycles. The van der Waals surface area contributed by atoms with Gasteiger partial charge in [-0.3, -0.25) is 4.79 Å². The van der Waals surface area contributed by atoms with Gasteiger partial charge in [-0.2, -0.15) is 0 Å². The Morgan fingerprint density at radius 3 is 2.57 bits per heavy atom. The lowest BCUT2D eigenvalue weighted by atomic mass is 10.1. The number of rotatable bonds is 5. The van der Waals surface area contributed by atoms with Crippen molar-refractivity contribution in [2.24, 2.45) is 0 Å². The Bertz CT molecular complexity index is 1600. The van der Waals surface area contributed by atoms with Crippen molar-refractivity contribution >= 4 is 52.0 Å². The van der Waals surface area contributed by atoms with E-state index in [2.05, 4.69) is 30.2 Å². The fourth-order valence-corrected chi connectivity index (χ4v) is 4.12. The van der Waals surface area contributed by atoms with Crippen LogP contribution in [0.5, 0.6) is 0 Å². The number of aryl methyl sites for hydroxylation is 2. The van der Waals surface area contributed by atoms with Crippen molar-refractivity contribution in [2.45, 2.75) is 13.8 Å². The van der Waals surface area contributed by atoms with E-state index in [1.807, 2.05) is 12.1 Å². The first kappa shape index (κ1) is 23.0. The Morgan fingerprint density at radius 1 is 0.914 bits per heavy atom. The van der Waals surface area contributed by atoms with Gasteiger partial charge in [0.25, 0.3) is 0 Å². The number of nitrogens with zero attached hydrogens (tertiary/aromatic N) is 1.